The van der Waals surface area contributed by atoms with Gasteiger partial charge in [-0.1, -0.05) is 18.9 Å². The Kier molecular flexibility index (Phi) is 9.34. The highest BCUT2D eigenvalue weighted by molar-refractivity contribution is 5.96. The molecule has 0 aliphatic carbocycles. The second-order valence-electron chi connectivity index (χ2n) is 7.59. The maximum atomic E-state index is 12.5. The van der Waals surface area contributed by atoms with Crippen LogP contribution in [0.5, 0.6) is 0 Å². The highest BCUT2D eigenvalue weighted by Gasteiger charge is 2.25. The Hall–Kier alpha value is -2.02. The number of hydrogen-bond acceptors (Lipinski definition) is 5. The van der Waals surface area contributed by atoms with Crippen molar-refractivity contribution in [3.05, 3.63) is 12.7 Å². The van der Waals surface area contributed by atoms with Crippen LogP contribution in [-0.4, -0.2) is 71.1 Å². The number of carbonyl (C=O) groups is 4. The van der Waals surface area contributed by atoms with E-state index in [4.69, 9.17) is 0 Å². The summed E-state index contributed by atoms with van der Waals surface area (Å²) in [4.78, 5) is 53.8. The molecule has 0 saturated carbocycles. The molecule has 2 fully saturated rings. The summed E-state index contributed by atoms with van der Waals surface area (Å²) in [6, 6.07) is 0. The third kappa shape index (κ3) is 6.86. The number of rotatable bonds is 8. The van der Waals surface area contributed by atoms with E-state index in [9.17, 15) is 19.2 Å². The fraction of sp³-hybridized carbons (Fsp3) is 0.714. The molecule has 0 aromatic heterocycles. The van der Waals surface area contributed by atoms with Crippen LogP contribution in [0.4, 0.5) is 0 Å². The molecule has 2 rings (SSSR count). The van der Waals surface area contributed by atoms with E-state index in [-0.39, 0.29) is 36.5 Å². The Morgan fingerprint density at radius 3 is 1.71 bits per heavy atom. The smallest absolute Gasteiger partial charge is 0.230 e. The van der Waals surface area contributed by atoms with Crippen molar-refractivity contribution in [3.63, 3.8) is 0 Å². The van der Waals surface area contributed by atoms with Gasteiger partial charge in [-0.05, 0) is 25.7 Å². The number of hydrogen-bond donors (Lipinski definition) is 0. The van der Waals surface area contributed by atoms with Gasteiger partial charge in [0.1, 0.15) is 0 Å². The Labute approximate surface area is 167 Å². The number of likely N-dealkylation sites (tertiary alicyclic amines) is 2. The van der Waals surface area contributed by atoms with E-state index in [0.717, 1.165) is 38.5 Å². The van der Waals surface area contributed by atoms with Crippen molar-refractivity contribution in [3.8, 4) is 0 Å². The van der Waals surface area contributed by atoms with Gasteiger partial charge >= 0.3 is 0 Å². The lowest BCUT2D eigenvalue weighted by molar-refractivity contribution is -0.145. The van der Waals surface area contributed by atoms with Gasteiger partial charge in [-0.2, -0.15) is 0 Å². The minimum Gasteiger partial charge on any atom is -0.299 e. The van der Waals surface area contributed by atoms with E-state index in [0.29, 0.717) is 45.6 Å². The van der Waals surface area contributed by atoms with Gasteiger partial charge < -0.3 is 0 Å². The van der Waals surface area contributed by atoms with Crippen LogP contribution in [0.15, 0.2) is 12.7 Å². The lowest BCUT2D eigenvalue weighted by Gasteiger charge is -2.24. The molecule has 0 aromatic carbocycles. The van der Waals surface area contributed by atoms with Gasteiger partial charge in [0.2, 0.25) is 23.6 Å². The second-order valence-corrected chi connectivity index (χ2v) is 7.59. The molecular weight excluding hydrogens is 358 g/mol. The van der Waals surface area contributed by atoms with Crippen molar-refractivity contribution in [2.75, 3.05) is 32.7 Å². The molecule has 156 valence electrons. The van der Waals surface area contributed by atoms with Crippen molar-refractivity contribution >= 4 is 23.6 Å². The molecule has 2 saturated heterocycles. The summed E-state index contributed by atoms with van der Waals surface area (Å²) in [7, 11) is 0. The predicted octanol–water partition coefficient (Wildman–Crippen LogP) is 2.11. The van der Waals surface area contributed by atoms with Gasteiger partial charge in [0.15, 0.2) is 0 Å². The molecule has 28 heavy (non-hydrogen) atoms. The average Bonchev–Trinajstić information content (AvgIpc) is 3.03. The average molecular weight is 392 g/mol. The number of nitrogens with zero attached hydrogens (tertiary/aromatic N) is 3. The molecule has 0 unspecified atom stereocenters. The van der Waals surface area contributed by atoms with E-state index in [1.165, 1.54) is 9.80 Å². The van der Waals surface area contributed by atoms with E-state index < -0.39 is 0 Å². The van der Waals surface area contributed by atoms with Crippen LogP contribution in [0, 0.1) is 0 Å². The van der Waals surface area contributed by atoms with Crippen molar-refractivity contribution in [1.82, 2.24) is 14.7 Å². The highest BCUT2D eigenvalue weighted by Crippen LogP contribution is 2.14. The van der Waals surface area contributed by atoms with Crippen molar-refractivity contribution in [2.24, 2.45) is 0 Å². The summed E-state index contributed by atoms with van der Waals surface area (Å²) in [5.74, 6) is -0.440. The fourth-order valence-corrected chi connectivity index (χ4v) is 3.75. The maximum absolute atomic E-state index is 12.5. The summed E-state index contributed by atoms with van der Waals surface area (Å²) in [5, 5.41) is 0. The Morgan fingerprint density at radius 2 is 1.29 bits per heavy atom. The minimum atomic E-state index is -0.144. The van der Waals surface area contributed by atoms with E-state index in [1.54, 1.807) is 6.08 Å². The fourth-order valence-electron chi connectivity index (χ4n) is 3.75. The van der Waals surface area contributed by atoms with Gasteiger partial charge in [-0.3, -0.25) is 33.9 Å². The lowest BCUT2D eigenvalue weighted by Crippen LogP contribution is -2.40. The molecule has 2 aliphatic rings. The molecule has 0 bridgehead atoms. The zero-order valence-electron chi connectivity index (χ0n) is 16.9. The van der Waals surface area contributed by atoms with Crippen LogP contribution in [0.3, 0.4) is 0 Å². The molecule has 0 N–H and O–H groups in total. The first-order valence-electron chi connectivity index (χ1n) is 10.5. The Balaban J connectivity index is 1.82. The maximum Gasteiger partial charge on any atom is 0.230 e. The van der Waals surface area contributed by atoms with Crippen molar-refractivity contribution in [1.29, 1.82) is 0 Å². The number of amides is 4. The quantitative estimate of drug-likeness (QED) is 0.592. The molecule has 0 atom stereocenters. The van der Waals surface area contributed by atoms with Gasteiger partial charge in [0.05, 0.1) is 0 Å². The summed E-state index contributed by atoms with van der Waals surface area (Å²) in [6.07, 6.45) is 8.52. The van der Waals surface area contributed by atoms with Gasteiger partial charge in [0, 0.05) is 58.4 Å². The molecular formula is C21H33N3O4. The molecule has 2 aliphatic heterocycles. The van der Waals surface area contributed by atoms with Crippen LogP contribution in [0.2, 0.25) is 0 Å². The summed E-state index contributed by atoms with van der Waals surface area (Å²) in [6.45, 7) is 6.25. The molecule has 7 heteroatoms. The van der Waals surface area contributed by atoms with E-state index in [2.05, 4.69) is 6.58 Å². The first kappa shape index (κ1) is 22.3. The zero-order valence-corrected chi connectivity index (χ0v) is 16.9. The SMILES string of the molecule is C=CCN(CCC(=O)N1CCCCCC1=O)CCC(=O)N1CCCCCC1=O. The number of imide groups is 2. The van der Waals surface area contributed by atoms with Crippen LogP contribution >= 0.6 is 0 Å². The minimum absolute atomic E-state index is 0.0763. The van der Waals surface area contributed by atoms with E-state index >= 15 is 0 Å². The van der Waals surface area contributed by atoms with Crippen molar-refractivity contribution < 1.29 is 19.2 Å². The Bertz CT molecular complexity index is 544. The number of carbonyl (C=O) groups excluding carboxylic acids is 4. The van der Waals surface area contributed by atoms with Gasteiger partial charge in [-0.15, -0.1) is 6.58 Å². The first-order valence-corrected chi connectivity index (χ1v) is 10.5. The lowest BCUT2D eigenvalue weighted by atomic mass is 10.2. The molecule has 4 amide bonds. The Morgan fingerprint density at radius 1 is 0.821 bits per heavy atom. The second kappa shape index (κ2) is 11.7. The summed E-state index contributed by atoms with van der Waals surface area (Å²) >= 11 is 0. The van der Waals surface area contributed by atoms with E-state index in [1.807, 2.05) is 4.90 Å². The molecule has 0 radical (unpaired) electrons. The molecule has 0 aromatic rings. The van der Waals surface area contributed by atoms with Crippen LogP contribution in [0.1, 0.15) is 64.2 Å². The summed E-state index contributed by atoms with van der Waals surface area (Å²) in [5.41, 5.74) is 0. The van der Waals surface area contributed by atoms with Crippen LogP contribution in [0.25, 0.3) is 0 Å². The predicted molar refractivity (Wildman–Crippen MR) is 106 cm³/mol. The van der Waals surface area contributed by atoms with Crippen LogP contribution in [-0.2, 0) is 19.2 Å². The highest BCUT2D eigenvalue weighted by atomic mass is 16.2. The third-order valence-corrected chi connectivity index (χ3v) is 5.42. The molecule has 0 spiro atoms. The monoisotopic (exact) mass is 391 g/mol. The first-order chi connectivity index (χ1) is 13.5. The van der Waals surface area contributed by atoms with Crippen molar-refractivity contribution in [2.45, 2.75) is 64.2 Å². The van der Waals surface area contributed by atoms with Gasteiger partial charge in [-0.25, -0.2) is 0 Å². The normalized spacial score (nSPS) is 18.8. The third-order valence-electron chi connectivity index (χ3n) is 5.42. The topological polar surface area (TPSA) is 78.0 Å². The molecule has 2 heterocycles. The largest absolute Gasteiger partial charge is 0.299 e. The zero-order chi connectivity index (χ0) is 20.4. The molecule has 7 nitrogen and oxygen atoms in total. The van der Waals surface area contributed by atoms with Crippen LogP contribution < -0.4 is 0 Å². The standard InChI is InChI=1S/C21H33N3O4/c1-2-13-22(16-11-20(27)23-14-7-3-5-9-18(23)25)17-12-21(28)24-15-8-4-6-10-19(24)26/h2H,1,3-17H2. The summed E-state index contributed by atoms with van der Waals surface area (Å²) < 4.78 is 0. The van der Waals surface area contributed by atoms with Gasteiger partial charge in [0.25, 0.3) is 0 Å².